The molecule has 102 valence electrons. The molecule has 0 aromatic heterocycles. The lowest BCUT2D eigenvalue weighted by atomic mass is 9.90. The van der Waals surface area contributed by atoms with Crippen LogP contribution in [0.2, 0.25) is 0 Å². The largest absolute Gasteiger partial charge is 0.381 e. The molecule has 1 atom stereocenters. The number of nitrogens with one attached hydrogen (secondary N) is 1. The molecule has 20 heavy (non-hydrogen) atoms. The summed E-state index contributed by atoms with van der Waals surface area (Å²) in [6.07, 6.45) is 1.04. The molecule has 1 N–H and O–H groups in total. The molecule has 1 unspecified atom stereocenters. The maximum Gasteiger partial charge on any atom is 0.139 e. The summed E-state index contributed by atoms with van der Waals surface area (Å²) in [4.78, 5) is 2.39. The van der Waals surface area contributed by atoms with Gasteiger partial charge in [-0.25, -0.2) is 4.39 Å². The summed E-state index contributed by atoms with van der Waals surface area (Å²) in [5.74, 6) is -0.216. The summed E-state index contributed by atoms with van der Waals surface area (Å²) in [6.45, 7) is 1.81. The van der Waals surface area contributed by atoms with Crippen LogP contribution in [0.25, 0.3) is 0 Å². The number of hydrogen-bond acceptors (Lipinski definition) is 2. The van der Waals surface area contributed by atoms with Crippen LogP contribution in [0.5, 0.6) is 0 Å². The van der Waals surface area contributed by atoms with Crippen LogP contribution >= 0.6 is 15.9 Å². The summed E-state index contributed by atoms with van der Waals surface area (Å²) < 4.78 is 14.2. The molecule has 0 radical (unpaired) electrons. The number of anilines is 2. The van der Waals surface area contributed by atoms with Crippen molar-refractivity contribution in [1.82, 2.24) is 0 Å². The second-order valence-corrected chi connectivity index (χ2v) is 6.18. The Hall–Kier alpha value is -1.55. The van der Waals surface area contributed by atoms with Gasteiger partial charge in [-0.15, -0.1) is 0 Å². The lowest BCUT2D eigenvalue weighted by Gasteiger charge is -2.43. The maximum atomic E-state index is 13.7. The monoisotopic (exact) mass is 332 g/mol. The number of hydrogen-bond donors (Lipinski definition) is 1. The molecule has 4 heteroatoms. The molecule has 0 fully saturated rings. The van der Waals surface area contributed by atoms with Gasteiger partial charge in [-0.1, -0.05) is 24.3 Å². The van der Waals surface area contributed by atoms with Gasteiger partial charge in [0.15, 0.2) is 0 Å². The quantitative estimate of drug-likeness (QED) is 0.780. The van der Waals surface area contributed by atoms with Gasteiger partial charge in [0.1, 0.15) is 5.82 Å². The molecule has 2 aromatic rings. The third-order valence-electron chi connectivity index (χ3n) is 4.25. The number of halogens is 2. The normalized spacial score (nSPS) is 19.7. The predicted molar refractivity (Wildman–Crippen MR) is 82.8 cm³/mol. The van der Waals surface area contributed by atoms with Gasteiger partial charge in [-0.2, -0.15) is 0 Å². The highest BCUT2D eigenvalue weighted by atomic mass is 79.9. The summed E-state index contributed by atoms with van der Waals surface area (Å²) in [5, 5.41) is 3.37. The van der Waals surface area contributed by atoms with Gasteiger partial charge in [0.05, 0.1) is 21.9 Å². The van der Waals surface area contributed by atoms with Crippen LogP contribution in [0.15, 0.2) is 40.9 Å². The highest BCUT2D eigenvalue weighted by Gasteiger charge is 2.32. The zero-order valence-electron chi connectivity index (χ0n) is 10.9. The molecule has 2 nitrogen and oxygen atoms in total. The van der Waals surface area contributed by atoms with Crippen molar-refractivity contribution < 1.29 is 4.39 Å². The van der Waals surface area contributed by atoms with Crippen LogP contribution in [0, 0.1) is 5.82 Å². The third kappa shape index (κ3) is 1.74. The third-order valence-corrected chi connectivity index (χ3v) is 4.85. The standard InChI is InChI=1S/C16H14BrFN2/c17-12-7-15-14(8-13(12)18)19-9-16-11-4-2-1-3-10(11)5-6-20(15)16/h1-4,7-8,16,19H,5-6,9H2. The molecular formula is C16H14BrFN2. The first-order valence-electron chi connectivity index (χ1n) is 6.81. The molecule has 2 aromatic carbocycles. The van der Waals surface area contributed by atoms with Crippen molar-refractivity contribution in [2.75, 3.05) is 23.3 Å². The Morgan fingerprint density at radius 1 is 1.25 bits per heavy atom. The van der Waals surface area contributed by atoms with E-state index in [-0.39, 0.29) is 5.82 Å². The fourth-order valence-electron chi connectivity index (χ4n) is 3.28. The Balaban J connectivity index is 1.82. The van der Waals surface area contributed by atoms with Crippen molar-refractivity contribution in [3.63, 3.8) is 0 Å². The molecule has 2 aliphatic rings. The van der Waals surface area contributed by atoms with E-state index in [1.807, 2.05) is 6.07 Å². The minimum atomic E-state index is -0.216. The van der Waals surface area contributed by atoms with Crippen molar-refractivity contribution in [3.05, 3.63) is 57.8 Å². The van der Waals surface area contributed by atoms with Crippen LogP contribution in [0.3, 0.4) is 0 Å². The van der Waals surface area contributed by atoms with Crippen LogP contribution < -0.4 is 10.2 Å². The van der Waals surface area contributed by atoms with E-state index < -0.39 is 0 Å². The van der Waals surface area contributed by atoms with Crippen LogP contribution in [0.4, 0.5) is 15.8 Å². The van der Waals surface area contributed by atoms with E-state index in [0.29, 0.717) is 10.5 Å². The molecule has 0 amide bonds. The molecule has 4 rings (SSSR count). The zero-order chi connectivity index (χ0) is 13.7. The van der Waals surface area contributed by atoms with Crippen LogP contribution in [0.1, 0.15) is 17.2 Å². The highest BCUT2D eigenvalue weighted by Crippen LogP contribution is 2.42. The Labute approximate surface area is 125 Å². The van der Waals surface area contributed by atoms with Gasteiger partial charge in [0.25, 0.3) is 0 Å². The molecular weight excluding hydrogens is 319 g/mol. The van der Waals surface area contributed by atoms with Gasteiger partial charge in [-0.05, 0) is 39.5 Å². The maximum absolute atomic E-state index is 13.7. The van der Waals surface area contributed by atoms with Crippen LogP contribution in [-0.2, 0) is 6.42 Å². The van der Waals surface area contributed by atoms with Crippen molar-refractivity contribution >= 4 is 27.3 Å². The van der Waals surface area contributed by atoms with Crippen molar-refractivity contribution in [1.29, 1.82) is 0 Å². The molecule has 2 aliphatic heterocycles. The van der Waals surface area contributed by atoms with E-state index in [4.69, 9.17) is 0 Å². The summed E-state index contributed by atoms with van der Waals surface area (Å²) in [7, 11) is 0. The fraction of sp³-hybridized carbons (Fsp3) is 0.250. The van der Waals surface area contributed by atoms with E-state index >= 15 is 0 Å². The minimum Gasteiger partial charge on any atom is -0.381 e. The highest BCUT2D eigenvalue weighted by molar-refractivity contribution is 9.10. The fourth-order valence-corrected chi connectivity index (χ4v) is 3.61. The lowest BCUT2D eigenvalue weighted by molar-refractivity contribution is 0.584. The first-order chi connectivity index (χ1) is 9.74. The zero-order valence-corrected chi connectivity index (χ0v) is 12.5. The van der Waals surface area contributed by atoms with E-state index in [1.54, 1.807) is 6.07 Å². The van der Waals surface area contributed by atoms with Gasteiger partial charge >= 0.3 is 0 Å². The Morgan fingerprint density at radius 2 is 2.10 bits per heavy atom. The average Bonchev–Trinajstić information content (AvgIpc) is 2.48. The molecule has 0 spiro atoms. The summed E-state index contributed by atoms with van der Waals surface area (Å²) in [5.41, 5.74) is 4.79. The molecule has 0 aliphatic carbocycles. The average molecular weight is 333 g/mol. The van der Waals surface area contributed by atoms with E-state index in [2.05, 4.69) is 50.4 Å². The topological polar surface area (TPSA) is 15.3 Å². The number of benzene rings is 2. The van der Waals surface area contributed by atoms with Crippen molar-refractivity contribution in [2.45, 2.75) is 12.5 Å². The van der Waals surface area contributed by atoms with Gasteiger partial charge in [0.2, 0.25) is 0 Å². The smallest absolute Gasteiger partial charge is 0.139 e. The van der Waals surface area contributed by atoms with E-state index in [9.17, 15) is 4.39 Å². The Morgan fingerprint density at radius 3 is 3.00 bits per heavy atom. The second-order valence-electron chi connectivity index (χ2n) is 5.32. The Bertz CT molecular complexity index is 686. The predicted octanol–water partition coefficient (Wildman–Crippen LogP) is 4.12. The lowest BCUT2D eigenvalue weighted by Crippen LogP contribution is -2.42. The van der Waals surface area contributed by atoms with Crippen molar-refractivity contribution in [2.24, 2.45) is 0 Å². The molecule has 0 saturated carbocycles. The van der Waals surface area contributed by atoms with E-state index in [1.165, 1.54) is 11.1 Å². The molecule has 0 saturated heterocycles. The summed E-state index contributed by atoms with van der Waals surface area (Å²) >= 11 is 3.29. The minimum absolute atomic E-state index is 0.216. The number of fused-ring (bicyclic) bond motifs is 5. The summed E-state index contributed by atoms with van der Waals surface area (Å²) in [6, 6.07) is 12.4. The molecule has 2 heterocycles. The second kappa shape index (κ2) is 4.48. The number of nitrogens with zero attached hydrogens (tertiary/aromatic N) is 1. The first kappa shape index (κ1) is 12.2. The number of rotatable bonds is 0. The van der Waals surface area contributed by atoms with Crippen molar-refractivity contribution in [3.8, 4) is 0 Å². The molecule has 0 bridgehead atoms. The van der Waals surface area contributed by atoms with Gasteiger partial charge in [-0.3, -0.25) is 0 Å². The van der Waals surface area contributed by atoms with E-state index in [0.717, 1.165) is 30.9 Å². The first-order valence-corrected chi connectivity index (χ1v) is 7.61. The Kier molecular flexibility index (Phi) is 2.74. The van der Waals surface area contributed by atoms with Gasteiger partial charge < -0.3 is 10.2 Å². The van der Waals surface area contributed by atoms with Crippen LogP contribution in [-0.4, -0.2) is 13.1 Å². The SMILES string of the molecule is Fc1cc2c(cc1Br)N1CCc3ccccc3C1CN2. The van der Waals surface area contributed by atoms with Gasteiger partial charge in [0, 0.05) is 19.2 Å².